The normalized spacial score (nSPS) is 21.6. The first kappa shape index (κ1) is 19.1. The third-order valence-electron chi connectivity index (χ3n) is 4.94. The molecule has 1 atom stereocenters. The summed E-state index contributed by atoms with van der Waals surface area (Å²) < 4.78 is 0. The van der Waals surface area contributed by atoms with Crippen LogP contribution in [0.5, 0.6) is 0 Å². The topological polar surface area (TPSA) is 15.3 Å². The van der Waals surface area contributed by atoms with Crippen LogP contribution >= 0.6 is 0 Å². The minimum Gasteiger partial charge on any atom is -0.382 e. The van der Waals surface area contributed by atoms with Crippen molar-refractivity contribution in [3.05, 3.63) is 41.3 Å². The summed E-state index contributed by atoms with van der Waals surface area (Å²) >= 11 is 0. The van der Waals surface area contributed by atoms with E-state index in [1.54, 1.807) is 5.57 Å². The Kier molecular flexibility index (Phi) is 7.88. The summed E-state index contributed by atoms with van der Waals surface area (Å²) in [5.41, 5.74) is 7.60. The molecule has 2 nitrogen and oxygen atoms in total. The van der Waals surface area contributed by atoms with E-state index < -0.39 is 0 Å². The molecule has 1 aliphatic carbocycles. The highest BCUT2D eigenvalue weighted by atomic mass is 15.1. The lowest BCUT2D eigenvalue weighted by Gasteiger charge is -2.20. The molecule has 0 saturated carbocycles. The Bertz CT molecular complexity index is 500. The summed E-state index contributed by atoms with van der Waals surface area (Å²) in [5, 5.41) is 3.49. The highest BCUT2D eigenvalue weighted by Gasteiger charge is 2.15. The number of nitrogens with zero attached hydrogens (tertiary/aromatic N) is 1. The molecule has 2 aliphatic rings. The number of allylic oxidation sites excluding steroid dienone is 2. The molecule has 1 aliphatic heterocycles. The Morgan fingerprint density at radius 2 is 2.08 bits per heavy atom. The second-order valence-corrected chi connectivity index (χ2v) is 7.95. The summed E-state index contributed by atoms with van der Waals surface area (Å²) in [4.78, 5) is 2.63. The van der Waals surface area contributed by atoms with Crippen LogP contribution in [0.25, 0.3) is 0 Å². The molecule has 1 saturated heterocycles. The molecule has 0 radical (unpaired) electrons. The van der Waals surface area contributed by atoms with Crippen LogP contribution in [0, 0.1) is 5.92 Å². The second-order valence-electron chi connectivity index (χ2n) is 7.95. The van der Waals surface area contributed by atoms with Gasteiger partial charge in [-0.3, -0.25) is 0 Å². The van der Waals surface area contributed by atoms with Gasteiger partial charge in [0.05, 0.1) is 6.04 Å². The van der Waals surface area contributed by atoms with Gasteiger partial charge in [-0.1, -0.05) is 26.0 Å². The van der Waals surface area contributed by atoms with Gasteiger partial charge in [0.2, 0.25) is 0 Å². The first-order valence-corrected chi connectivity index (χ1v) is 9.82. The number of hydrogen-bond donors (Lipinski definition) is 1. The summed E-state index contributed by atoms with van der Waals surface area (Å²) in [6, 6.07) is 0.344. The van der Waals surface area contributed by atoms with Gasteiger partial charge in [-0.2, -0.15) is 0 Å². The molecule has 1 N–H and O–H groups in total. The molecule has 134 valence electrons. The Labute approximate surface area is 149 Å². The molecule has 2 rings (SSSR count). The summed E-state index contributed by atoms with van der Waals surface area (Å²) in [6.45, 7) is 14.6. The van der Waals surface area contributed by atoms with Gasteiger partial charge in [0.1, 0.15) is 0 Å². The van der Waals surface area contributed by atoms with E-state index in [9.17, 15) is 0 Å². The minimum atomic E-state index is 0.344. The first-order chi connectivity index (χ1) is 11.5. The molecule has 24 heavy (non-hydrogen) atoms. The zero-order valence-electron chi connectivity index (χ0n) is 16.0. The first-order valence-electron chi connectivity index (χ1n) is 9.82. The molecule has 1 fully saturated rings. The van der Waals surface area contributed by atoms with Gasteiger partial charge in [-0.25, -0.2) is 0 Å². The van der Waals surface area contributed by atoms with Crippen LogP contribution in [0.2, 0.25) is 0 Å². The lowest BCUT2D eigenvalue weighted by atomic mass is 9.92. The zero-order valence-corrected chi connectivity index (χ0v) is 16.0. The van der Waals surface area contributed by atoms with Gasteiger partial charge in [0.25, 0.3) is 0 Å². The van der Waals surface area contributed by atoms with Crippen molar-refractivity contribution in [1.29, 1.82) is 0 Å². The molecule has 2 heteroatoms. The predicted octanol–water partition coefficient (Wildman–Crippen LogP) is 5.20. The van der Waals surface area contributed by atoms with Crippen molar-refractivity contribution in [1.82, 2.24) is 10.2 Å². The van der Waals surface area contributed by atoms with E-state index in [-0.39, 0.29) is 0 Å². The van der Waals surface area contributed by atoms with Crippen LogP contribution < -0.4 is 5.32 Å². The van der Waals surface area contributed by atoms with E-state index in [0.29, 0.717) is 12.0 Å². The second kappa shape index (κ2) is 9.91. The van der Waals surface area contributed by atoms with Crippen molar-refractivity contribution < 1.29 is 0 Å². The van der Waals surface area contributed by atoms with Crippen LogP contribution in [-0.4, -0.2) is 30.6 Å². The highest BCUT2D eigenvalue weighted by Crippen LogP contribution is 2.26. The van der Waals surface area contributed by atoms with Crippen LogP contribution in [-0.2, 0) is 0 Å². The Morgan fingerprint density at radius 1 is 1.33 bits per heavy atom. The van der Waals surface area contributed by atoms with Gasteiger partial charge >= 0.3 is 0 Å². The van der Waals surface area contributed by atoms with Crippen molar-refractivity contribution in [2.75, 3.05) is 19.6 Å². The fourth-order valence-corrected chi connectivity index (χ4v) is 3.82. The summed E-state index contributed by atoms with van der Waals surface area (Å²) in [6.07, 6.45) is 13.3. The third kappa shape index (κ3) is 6.71. The monoisotopic (exact) mass is 328 g/mol. The van der Waals surface area contributed by atoms with Crippen molar-refractivity contribution in [2.45, 2.75) is 71.8 Å². The molecule has 0 aromatic heterocycles. The molecule has 0 bridgehead atoms. The standard InChI is InChI=1S/C22H36N2/c1-18(2)16-20-11-9-12-22(23-19(3)4)17-21(20)10-5-6-13-24-14-7-8-15-24/h11-12,18,22-23H,3,5-8,10,13-17H2,1-2,4H3/t22-/m0/s1. The van der Waals surface area contributed by atoms with E-state index in [0.717, 1.165) is 12.1 Å². The van der Waals surface area contributed by atoms with Crippen molar-refractivity contribution in [3.8, 4) is 0 Å². The van der Waals surface area contributed by atoms with Crippen LogP contribution in [0.1, 0.15) is 65.7 Å². The largest absolute Gasteiger partial charge is 0.382 e. The molecular weight excluding hydrogens is 292 g/mol. The lowest BCUT2D eigenvalue weighted by Crippen LogP contribution is -2.25. The van der Waals surface area contributed by atoms with E-state index in [1.165, 1.54) is 63.7 Å². The Hall–Kier alpha value is -1.24. The van der Waals surface area contributed by atoms with Crippen LogP contribution in [0.3, 0.4) is 0 Å². The minimum absolute atomic E-state index is 0.344. The van der Waals surface area contributed by atoms with Crippen molar-refractivity contribution in [3.63, 3.8) is 0 Å². The fraction of sp³-hybridized carbons (Fsp3) is 0.682. The van der Waals surface area contributed by atoms with E-state index in [4.69, 9.17) is 0 Å². The quantitative estimate of drug-likeness (QED) is 0.462. The number of nitrogens with one attached hydrogen (secondary N) is 1. The van der Waals surface area contributed by atoms with Gasteiger partial charge in [-0.15, -0.1) is 5.73 Å². The van der Waals surface area contributed by atoms with Crippen molar-refractivity contribution >= 4 is 0 Å². The van der Waals surface area contributed by atoms with Crippen molar-refractivity contribution in [2.24, 2.45) is 5.92 Å². The average molecular weight is 329 g/mol. The Morgan fingerprint density at radius 3 is 2.75 bits per heavy atom. The number of unbranched alkanes of at least 4 members (excludes halogenated alkanes) is 1. The smallest absolute Gasteiger partial charge is 0.0552 e. The van der Waals surface area contributed by atoms with E-state index >= 15 is 0 Å². The van der Waals surface area contributed by atoms with Gasteiger partial charge in [0.15, 0.2) is 0 Å². The summed E-state index contributed by atoms with van der Waals surface area (Å²) in [7, 11) is 0. The highest BCUT2D eigenvalue weighted by molar-refractivity contribution is 5.30. The van der Waals surface area contributed by atoms with Gasteiger partial charge in [0, 0.05) is 5.70 Å². The fourth-order valence-electron chi connectivity index (χ4n) is 3.82. The Balaban J connectivity index is 1.93. The molecule has 0 spiro atoms. The maximum Gasteiger partial charge on any atom is 0.0552 e. The molecule has 0 aromatic rings. The predicted molar refractivity (Wildman–Crippen MR) is 105 cm³/mol. The van der Waals surface area contributed by atoms with E-state index in [2.05, 4.69) is 48.5 Å². The van der Waals surface area contributed by atoms with Gasteiger partial charge in [-0.05, 0) is 95.1 Å². The lowest BCUT2D eigenvalue weighted by molar-refractivity contribution is 0.330. The maximum atomic E-state index is 4.00. The third-order valence-corrected chi connectivity index (χ3v) is 4.94. The maximum absolute atomic E-state index is 4.00. The molecular formula is C22H36N2. The molecule has 0 amide bonds. The SMILES string of the molecule is C=C(C)N[C@H]1C=C=CC(CC(C)C)=C(CCCCN2CCCC2)C1. The number of rotatable bonds is 9. The number of hydrogen-bond acceptors (Lipinski definition) is 2. The molecule has 0 aromatic carbocycles. The molecule has 1 heterocycles. The van der Waals surface area contributed by atoms with Crippen LogP contribution in [0.4, 0.5) is 0 Å². The molecule has 0 unspecified atom stereocenters. The average Bonchev–Trinajstić information content (AvgIpc) is 2.94. The number of likely N-dealkylation sites (tertiary alicyclic amines) is 1. The zero-order chi connectivity index (χ0) is 17.4. The van der Waals surface area contributed by atoms with Crippen LogP contribution in [0.15, 0.2) is 41.3 Å². The van der Waals surface area contributed by atoms with E-state index in [1.807, 2.05) is 6.92 Å². The van der Waals surface area contributed by atoms with Gasteiger partial charge < -0.3 is 10.2 Å². The summed E-state index contributed by atoms with van der Waals surface area (Å²) in [5.74, 6) is 0.697.